The summed E-state index contributed by atoms with van der Waals surface area (Å²) in [6, 6.07) is 14.9. The van der Waals surface area contributed by atoms with Gasteiger partial charge in [-0.15, -0.1) is 0 Å². The van der Waals surface area contributed by atoms with Crippen molar-refractivity contribution < 1.29 is 18.3 Å². The maximum Gasteiger partial charge on any atom is 0.387 e. The standard InChI is InChI=1S/C18H20F2N2O2/c1-12(13-8-10-15(11-9-13)24-17(19)20)22-16(23)18(2,21)14-6-4-3-5-7-14/h3-12,17H,21H2,1-2H3,(H,22,23). The summed E-state index contributed by atoms with van der Waals surface area (Å²) in [6.45, 7) is 0.572. The summed E-state index contributed by atoms with van der Waals surface area (Å²) in [5.74, 6) is -0.255. The maximum atomic E-state index is 12.5. The quantitative estimate of drug-likeness (QED) is 0.851. The Balaban J connectivity index is 2.06. The van der Waals surface area contributed by atoms with E-state index in [0.29, 0.717) is 5.56 Å². The number of halogens is 2. The zero-order chi connectivity index (χ0) is 17.7. The van der Waals surface area contributed by atoms with Gasteiger partial charge in [-0.1, -0.05) is 42.5 Å². The van der Waals surface area contributed by atoms with Gasteiger partial charge in [-0.25, -0.2) is 0 Å². The van der Waals surface area contributed by atoms with Crippen molar-refractivity contribution in [3.05, 3.63) is 65.7 Å². The van der Waals surface area contributed by atoms with Crippen LogP contribution in [0.1, 0.15) is 31.0 Å². The van der Waals surface area contributed by atoms with E-state index in [1.807, 2.05) is 18.2 Å². The molecule has 6 heteroatoms. The van der Waals surface area contributed by atoms with Gasteiger partial charge in [-0.2, -0.15) is 8.78 Å². The molecular formula is C18H20F2N2O2. The van der Waals surface area contributed by atoms with Crippen LogP contribution in [0, 0.1) is 0 Å². The molecule has 2 aromatic carbocycles. The normalized spacial score (nSPS) is 14.8. The van der Waals surface area contributed by atoms with Gasteiger partial charge in [0.25, 0.3) is 0 Å². The zero-order valence-corrected chi connectivity index (χ0v) is 13.5. The Labute approximate surface area is 139 Å². The largest absolute Gasteiger partial charge is 0.435 e. The SMILES string of the molecule is CC(NC(=O)C(C)(N)c1ccccc1)c1ccc(OC(F)F)cc1. The van der Waals surface area contributed by atoms with Crippen molar-refractivity contribution in [1.29, 1.82) is 0 Å². The van der Waals surface area contributed by atoms with E-state index in [2.05, 4.69) is 10.1 Å². The number of hydrogen-bond acceptors (Lipinski definition) is 3. The lowest BCUT2D eigenvalue weighted by atomic mass is 9.91. The Bertz CT molecular complexity index is 673. The van der Waals surface area contributed by atoms with E-state index in [1.54, 1.807) is 38.1 Å². The Morgan fingerprint density at radius 2 is 1.71 bits per heavy atom. The Morgan fingerprint density at radius 3 is 2.25 bits per heavy atom. The van der Waals surface area contributed by atoms with Crippen molar-refractivity contribution in [1.82, 2.24) is 5.32 Å². The van der Waals surface area contributed by atoms with Crippen LogP contribution in [0.2, 0.25) is 0 Å². The second-order valence-corrected chi connectivity index (χ2v) is 5.71. The second kappa shape index (κ2) is 7.40. The van der Waals surface area contributed by atoms with Gasteiger partial charge in [0.1, 0.15) is 11.3 Å². The summed E-state index contributed by atoms with van der Waals surface area (Å²) in [5.41, 5.74) is 6.46. The number of carbonyl (C=O) groups excluding carboxylic acids is 1. The van der Waals surface area contributed by atoms with Gasteiger partial charge in [0.15, 0.2) is 0 Å². The number of benzene rings is 2. The van der Waals surface area contributed by atoms with Crippen LogP contribution in [0.5, 0.6) is 5.75 Å². The molecule has 2 rings (SSSR count). The molecule has 0 spiro atoms. The maximum absolute atomic E-state index is 12.5. The smallest absolute Gasteiger partial charge is 0.387 e. The highest BCUT2D eigenvalue weighted by Crippen LogP contribution is 2.22. The molecule has 3 N–H and O–H groups in total. The lowest BCUT2D eigenvalue weighted by Gasteiger charge is -2.26. The minimum Gasteiger partial charge on any atom is -0.435 e. The molecule has 128 valence electrons. The number of nitrogens with two attached hydrogens (primary N) is 1. The number of alkyl halides is 2. The number of rotatable bonds is 6. The van der Waals surface area contributed by atoms with E-state index in [0.717, 1.165) is 5.56 Å². The topological polar surface area (TPSA) is 64.4 Å². The lowest BCUT2D eigenvalue weighted by Crippen LogP contribution is -2.49. The molecular weight excluding hydrogens is 314 g/mol. The molecule has 2 aromatic rings. The fourth-order valence-electron chi connectivity index (χ4n) is 2.28. The van der Waals surface area contributed by atoms with E-state index >= 15 is 0 Å². The molecule has 0 fully saturated rings. The number of ether oxygens (including phenoxy) is 1. The van der Waals surface area contributed by atoms with Crippen molar-refractivity contribution in [2.45, 2.75) is 32.0 Å². The van der Waals surface area contributed by atoms with Crippen molar-refractivity contribution in [2.24, 2.45) is 5.73 Å². The Kier molecular flexibility index (Phi) is 5.51. The molecule has 0 aliphatic rings. The van der Waals surface area contributed by atoms with Crippen LogP contribution in [0.4, 0.5) is 8.78 Å². The van der Waals surface area contributed by atoms with E-state index in [9.17, 15) is 13.6 Å². The third-order valence-electron chi connectivity index (χ3n) is 3.80. The van der Waals surface area contributed by atoms with Crippen LogP contribution in [0.25, 0.3) is 0 Å². The average molecular weight is 334 g/mol. The molecule has 0 saturated heterocycles. The minimum atomic E-state index is -2.86. The molecule has 0 radical (unpaired) electrons. The van der Waals surface area contributed by atoms with Crippen LogP contribution in [-0.4, -0.2) is 12.5 Å². The van der Waals surface area contributed by atoms with E-state index in [4.69, 9.17) is 5.73 Å². The summed E-state index contributed by atoms with van der Waals surface area (Å²) in [5, 5.41) is 2.84. The molecule has 0 saturated carbocycles. The van der Waals surface area contributed by atoms with Crippen LogP contribution in [0.15, 0.2) is 54.6 Å². The second-order valence-electron chi connectivity index (χ2n) is 5.71. The molecule has 0 aromatic heterocycles. The number of nitrogens with one attached hydrogen (secondary N) is 1. The summed E-state index contributed by atoms with van der Waals surface area (Å²) in [6.07, 6.45) is 0. The molecule has 2 unspecified atom stereocenters. The monoisotopic (exact) mass is 334 g/mol. The first-order chi connectivity index (χ1) is 11.3. The van der Waals surface area contributed by atoms with Gasteiger partial charge in [0.2, 0.25) is 5.91 Å². The molecule has 0 heterocycles. The summed E-state index contributed by atoms with van der Waals surface area (Å²) in [4.78, 5) is 12.5. The van der Waals surface area contributed by atoms with E-state index in [-0.39, 0.29) is 17.7 Å². The Hall–Kier alpha value is -2.47. The summed E-state index contributed by atoms with van der Waals surface area (Å²) < 4.78 is 28.6. The van der Waals surface area contributed by atoms with Crippen LogP contribution in [-0.2, 0) is 10.3 Å². The number of hydrogen-bond donors (Lipinski definition) is 2. The highest BCUT2D eigenvalue weighted by molar-refractivity contribution is 5.87. The van der Waals surface area contributed by atoms with Gasteiger partial charge in [0.05, 0.1) is 6.04 Å². The van der Waals surface area contributed by atoms with Gasteiger partial charge in [-0.3, -0.25) is 4.79 Å². The van der Waals surface area contributed by atoms with Gasteiger partial charge in [-0.05, 0) is 37.1 Å². The van der Waals surface area contributed by atoms with Crippen molar-refractivity contribution in [3.63, 3.8) is 0 Å². The van der Waals surface area contributed by atoms with Crippen molar-refractivity contribution >= 4 is 5.91 Å². The van der Waals surface area contributed by atoms with E-state index < -0.39 is 12.2 Å². The molecule has 0 aliphatic heterocycles. The third-order valence-corrected chi connectivity index (χ3v) is 3.80. The number of carbonyl (C=O) groups is 1. The molecule has 2 atom stereocenters. The first kappa shape index (κ1) is 17.9. The predicted octanol–water partition coefficient (Wildman–Crippen LogP) is 3.34. The van der Waals surface area contributed by atoms with Crippen molar-refractivity contribution in [2.75, 3.05) is 0 Å². The van der Waals surface area contributed by atoms with Crippen LogP contribution < -0.4 is 15.8 Å². The van der Waals surface area contributed by atoms with Gasteiger partial charge in [0, 0.05) is 0 Å². The van der Waals surface area contributed by atoms with Crippen LogP contribution in [0.3, 0.4) is 0 Å². The van der Waals surface area contributed by atoms with Gasteiger partial charge < -0.3 is 15.8 Å². The summed E-state index contributed by atoms with van der Waals surface area (Å²) in [7, 11) is 0. The first-order valence-corrected chi connectivity index (χ1v) is 7.51. The molecule has 4 nitrogen and oxygen atoms in total. The molecule has 24 heavy (non-hydrogen) atoms. The van der Waals surface area contributed by atoms with Crippen LogP contribution >= 0.6 is 0 Å². The highest BCUT2D eigenvalue weighted by Gasteiger charge is 2.31. The zero-order valence-electron chi connectivity index (χ0n) is 13.5. The summed E-state index contributed by atoms with van der Waals surface area (Å²) >= 11 is 0. The number of amides is 1. The fraction of sp³-hybridized carbons (Fsp3) is 0.278. The molecule has 1 amide bonds. The predicted molar refractivity (Wildman–Crippen MR) is 87.6 cm³/mol. The molecule has 0 bridgehead atoms. The van der Waals surface area contributed by atoms with E-state index in [1.165, 1.54) is 12.1 Å². The third kappa shape index (κ3) is 4.29. The minimum absolute atomic E-state index is 0.0697. The average Bonchev–Trinajstić information content (AvgIpc) is 2.55. The Morgan fingerprint density at radius 1 is 1.12 bits per heavy atom. The fourth-order valence-corrected chi connectivity index (χ4v) is 2.28. The van der Waals surface area contributed by atoms with Gasteiger partial charge >= 0.3 is 6.61 Å². The highest BCUT2D eigenvalue weighted by atomic mass is 19.3. The first-order valence-electron chi connectivity index (χ1n) is 7.51. The van der Waals surface area contributed by atoms with Crippen molar-refractivity contribution in [3.8, 4) is 5.75 Å². The lowest BCUT2D eigenvalue weighted by molar-refractivity contribution is -0.126. The molecule has 0 aliphatic carbocycles.